The highest BCUT2D eigenvalue weighted by molar-refractivity contribution is 7.92. The fourth-order valence-electron chi connectivity index (χ4n) is 1.18. The Morgan fingerprint density at radius 3 is 2.53 bits per heavy atom. The predicted molar refractivity (Wildman–Crippen MR) is 55.9 cm³/mol. The second-order valence-electron chi connectivity index (χ2n) is 3.16. The van der Waals surface area contributed by atoms with Gasteiger partial charge in [0.25, 0.3) is 10.0 Å². The number of rotatable bonds is 3. The largest absolute Gasteiger partial charge is 0.451 e. The van der Waals surface area contributed by atoms with E-state index in [2.05, 4.69) is 4.42 Å². The van der Waals surface area contributed by atoms with Crippen LogP contribution >= 0.6 is 0 Å². The van der Waals surface area contributed by atoms with E-state index >= 15 is 0 Å². The van der Waals surface area contributed by atoms with Crippen LogP contribution < -0.4 is 4.72 Å². The zero-order valence-corrected chi connectivity index (χ0v) is 9.17. The minimum atomic E-state index is -3.98. The van der Waals surface area contributed by atoms with Gasteiger partial charge in [0.05, 0.1) is 12.0 Å². The van der Waals surface area contributed by atoms with Gasteiger partial charge in [-0.15, -0.1) is 0 Å². The summed E-state index contributed by atoms with van der Waals surface area (Å²) in [5.41, 5.74) is -0.345. The van der Waals surface area contributed by atoms with E-state index in [0.717, 1.165) is 12.1 Å². The molecule has 0 unspecified atom stereocenters. The Hall–Kier alpha value is -1.89. The minimum absolute atomic E-state index is 0.345. The second-order valence-corrected chi connectivity index (χ2v) is 4.78. The molecule has 0 bridgehead atoms. The van der Waals surface area contributed by atoms with Crippen LogP contribution in [0.25, 0.3) is 0 Å². The van der Waals surface area contributed by atoms with Gasteiger partial charge in [-0.05, 0) is 24.3 Å². The molecule has 7 heteroatoms. The molecule has 0 aliphatic rings. The van der Waals surface area contributed by atoms with Gasteiger partial charge in [0.1, 0.15) is 11.6 Å². The van der Waals surface area contributed by atoms with Crippen LogP contribution in [-0.4, -0.2) is 8.42 Å². The molecular weight excluding hydrogens is 252 g/mol. The maximum Gasteiger partial charge on any atom is 0.295 e. The Balaban J connectivity index is 2.33. The molecule has 2 aromatic rings. The molecule has 17 heavy (non-hydrogen) atoms. The summed E-state index contributed by atoms with van der Waals surface area (Å²) >= 11 is 0. The maximum absolute atomic E-state index is 13.2. The molecule has 1 N–H and O–H groups in total. The first-order chi connectivity index (χ1) is 7.99. The monoisotopic (exact) mass is 259 g/mol. The van der Waals surface area contributed by atoms with Crippen LogP contribution in [0.3, 0.4) is 0 Å². The summed E-state index contributed by atoms with van der Waals surface area (Å²) in [6.45, 7) is 0. The number of benzene rings is 1. The third-order valence-corrected chi connectivity index (χ3v) is 3.19. The number of nitrogens with one attached hydrogen (secondary N) is 1. The number of anilines is 1. The van der Waals surface area contributed by atoms with Crippen LogP contribution in [0.2, 0.25) is 0 Å². The third kappa shape index (κ3) is 2.44. The molecule has 0 spiro atoms. The fourth-order valence-corrected chi connectivity index (χ4v) is 2.18. The van der Waals surface area contributed by atoms with Crippen LogP contribution in [0.15, 0.2) is 46.1 Å². The van der Waals surface area contributed by atoms with Crippen LogP contribution in [0.1, 0.15) is 0 Å². The summed E-state index contributed by atoms with van der Waals surface area (Å²) in [6, 6.07) is 5.12. The van der Waals surface area contributed by atoms with Crippen LogP contribution in [0.4, 0.5) is 14.5 Å². The van der Waals surface area contributed by atoms with Crippen molar-refractivity contribution in [3.8, 4) is 0 Å². The molecule has 4 nitrogen and oxygen atoms in total. The average Bonchev–Trinajstić information content (AvgIpc) is 2.76. The highest BCUT2D eigenvalue weighted by Crippen LogP contribution is 2.19. The van der Waals surface area contributed by atoms with Gasteiger partial charge in [-0.1, -0.05) is 0 Å². The topological polar surface area (TPSA) is 59.3 Å². The van der Waals surface area contributed by atoms with Gasteiger partial charge in [0.2, 0.25) is 5.09 Å². The van der Waals surface area contributed by atoms with Crippen LogP contribution in [0, 0.1) is 11.6 Å². The number of sulfonamides is 1. The van der Waals surface area contributed by atoms with Crippen molar-refractivity contribution in [1.82, 2.24) is 0 Å². The number of furan rings is 1. The molecule has 2 rings (SSSR count). The van der Waals surface area contributed by atoms with Gasteiger partial charge in [-0.2, -0.15) is 8.42 Å². The van der Waals surface area contributed by atoms with E-state index in [1.54, 1.807) is 0 Å². The predicted octanol–water partition coefficient (Wildman–Crippen LogP) is 2.36. The first kappa shape index (κ1) is 11.6. The van der Waals surface area contributed by atoms with Crippen molar-refractivity contribution in [3.63, 3.8) is 0 Å². The second kappa shape index (κ2) is 4.17. The fraction of sp³-hybridized carbons (Fsp3) is 0. The van der Waals surface area contributed by atoms with E-state index in [1.165, 1.54) is 18.4 Å². The van der Waals surface area contributed by atoms with Crippen LogP contribution in [0.5, 0.6) is 0 Å². The highest BCUT2D eigenvalue weighted by atomic mass is 32.2. The highest BCUT2D eigenvalue weighted by Gasteiger charge is 2.18. The third-order valence-electron chi connectivity index (χ3n) is 1.94. The molecule has 1 aromatic heterocycles. The van der Waals surface area contributed by atoms with Crippen molar-refractivity contribution in [2.24, 2.45) is 0 Å². The van der Waals surface area contributed by atoms with E-state index < -0.39 is 21.7 Å². The SMILES string of the molecule is O=S(=O)(Nc1ccc(F)cc1F)c1ccco1. The summed E-state index contributed by atoms with van der Waals surface area (Å²) in [6.07, 6.45) is 1.18. The van der Waals surface area contributed by atoms with Crippen molar-refractivity contribution in [3.05, 3.63) is 48.2 Å². The smallest absolute Gasteiger partial charge is 0.295 e. The van der Waals surface area contributed by atoms with Gasteiger partial charge >= 0.3 is 0 Å². The number of halogens is 2. The lowest BCUT2D eigenvalue weighted by molar-refractivity contribution is 0.451. The Morgan fingerprint density at radius 2 is 1.94 bits per heavy atom. The molecule has 0 fully saturated rings. The first-order valence-corrected chi connectivity index (χ1v) is 5.99. The molecule has 0 radical (unpaired) electrons. The Morgan fingerprint density at radius 1 is 1.18 bits per heavy atom. The molecule has 0 aliphatic carbocycles. The Labute approximate surface area is 95.9 Å². The van der Waals surface area contributed by atoms with Gasteiger partial charge in [0, 0.05) is 6.07 Å². The average molecular weight is 259 g/mol. The summed E-state index contributed by atoms with van der Waals surface area (Å²) in [5, 5.41) is -0.346. The molecule has 0 saturated heterocycles. The lowest BCUT2D eigenvalue weighted by atomic mass is 10.3. The van der Waals surface area contributed by atoms with E-state index in [9.17, 15) is 17.2 Å². The van der Waals surface area contributed by atoms with Crippen molar-refractivity contribution in [2.75, 3.05) is 4.72 Å². The van der Waals surface area contributed by atoms with Crippen molar-refractivity contribution in [1.29, 1.82) is 0 Å². The normalized spacial score (nSPS) is 11.4. The Bertz CT molecular complexity index is 623. The first-order valence-electron chi connectivity index (χ1n) is 4.50. The van der Waals surface area contributed by atoms with Crippen molar-refractivity contribution < 1.29 is 21.6 Å². The molecule has 1 aromatic carbocycles. The van der Waals surface area contributed by atoms with Gasteiger partial charge in [-0.3, -0.25) is 4.72 Å². The molecule has 0 saturated carbocycles. The molecule has 90 valence electrons. The maximum atomic E-state index is 13.2. The zero-order chi connectivity index (χ0) is 12.5. The van der Waals surface area contributed by atoms with Gasteiger partial charge in [0.15, 0.2) is 0 Å². The van der Waals surface area contributed by atoms with Gasteiger partial charge in [-0.25, -0.2) is 8.78 Å². The molecule has 1 heterocycles. The van der Waals surface area contributed by atoms with Crippen LogP contribution in [-0.2, 0) is 10.0 Å². The lowest BCUT2D eigenvalue weighted by Crippen LogP contribution is -2.13. The molecule has 0 amide bonds. The summed E-state index contributed by atoms with van der Waals surface area (Å²) in [5.74, 6) is -1.79. The van der Waals surface area contributed by atoms with E-state index in [0.29, 0.717) is 6.07 Å². The summed E-state index contributed by atoms with van der Waals surface area (Å²) in [4.78, 5) is 0. The van der Waals surface area contributed by atoms with Crippen molar-refractivity contribution in [2.45, 2.75) is 5.09 Å². The van der Waals surface area contributed by atoms with Crippen molar-refractivity contribution >= 4 is 15.7 Å². The van der Waals surface area contributed by atoms with Gasteiger partial charge < -0.3 is 4.42 Å². The lowest BCUT2D eigenvalue weighted by Gasteiger charge is -2.06. The van der Waals surface area contributed by atoms with E-state index in [1.807, 2.05) is 4.72 Å². The van der Waals surface area contributed by atoms with E-state index in [4.69, 9.17) is 0 Å². The Kier molecular flexibility index (Phi) is 2.84. The quantitative estimate of drug-likeness (QED) is 0.920. The summed E-state index contributed by atoms with van der Waals surface area (Å²) in [7, 11) is -3.98. The summed E-state index contributed by atoms with van der Waals surface area (Å²) < 4.78 is 55.8. The minimum Gasteiger partial charge on any atom is -0.451 e. The number of hydrogen-bond donors (Lipinski definition) is 1. The number of hydrogen-bond acceptors (Lipinski definition) is 3. The zero-order valence-electron chi connectivity index (χ0n) is 8.35. The molecular formula is C10H7F2NO3S. The molecule has 0 aliphatic heterocycles. The molecule has 0 atom stereocenters. The van der Waals surface area contributed by atoms with E-state index in [-0.39, 0.29) is 10.8 Å². The standard InChI is InChI=1S/C10H7F2NO3S/c11-7-3-4-9(8(12)6-7)13-17(14,15)10-2-1-5-16-10/h1-6,13H.